The minimum atomic E-state index is -1.67. The van der Waals surface area contributed by atoms with Crippen LogP contribution < -0.4 is 4.74 Å². The van der Waals surface area contributed by atoms with E-state index in [0.717, 1.165) is 16.5 Å². The number of fused-ring (bicyclic) bond motifs is 1. The predicted molar refractivity (Wildman–Crippen MR) is 81.3 cm³/mol. The molecular formula is C17H20O4. The van der Waals surface area contributed by atoms with Crippen molar-refractivity contribution in [1.29, 1.82) is 0 Å². The van der Waals surface area contributed by atoms with Crippen molar-refractivity contribution in [2.75, 3.05) is 7.11 Å². The van der Waals surface area contributed by atoms with Crippen LogP contribution in [-0.2, 0) is 15.1 Å². The van der Waals surface area contributed by atoms with Gasteiger partial charge >= 0.3 is 5.97 Å². The molecule has 0 saturated heterocycles. The number of esters is 1. The summed E-state index contributed by atoms with van der Waals surface area (Å²) in [7, 11) is 1.61. The van der Waals surface area contributed by atoms with Gasteiger partial charge in [0.05, 0.1) is 13.2 Å². The largest absolute Gasteiger partial charge is 0.497 e. The summed E-state index contributed by atoms with van der Waals surface area (Å²) in [5, 5.41) is 12.4. The topological polar surface area (TPSA) is 55.8 Å². The van der Waals surface area contributed by atoms with Gasteiger partial charge in [0.1, 0.15) is 5.75 Å². The maximum Gasteiger partial charge on any atom is 0.342 e. The number of benzene rings is 2. The lowest BCUT2D eigenvalue weighted by atomic mass is 9.93. The monoisotopic (exact) mass is 288 g/mol. The van der Waals surface area contributed by atoms with Crippen LogP contribution in [0.25, 0.3) is 10.8 Å². The fourth-order valence-electron chi connectivity index (χ4n) is 2.10. The summed E-state index contributed by atoms with van der Waals surface area (Å²) in [5.74, 6) is 0.117. The molecule has 0 unspecified atom stereocenters. The van der Waals surface area contributed by atoms with Gasteiger partial charge in [-0.3, -0.25) is 0 Å². The van der Waals surface area contributed by atoms with Crippen molar-refractivity contribution >= 4 is 16.7 Å². The second-order valence-corrected chi connectivity index (χ2v) is 5.45. The van der Waals surface area contributed by atoms with Crippen LogP contribution in [0.1, 0.15) is 26.3 Å². The van der Waals surface area contributed by atoms with Gasteiger partial charge in [-0.25, -0.2) is 4.79 Å². The first-order chi connectivity index (χ1) is 9.84. The van der Waals surface area contributed by atoms with Crippen molar-refractivity contribution < 1.29 is 19.4 Å². The molecule has 2 aromatic rings. The second-order valence-electron chi connectivity index (χ2n) is 5.45. The Kier molecular flexibility index (Phi) is 4.19. The summed E-state index contributed by atoms with van der Waals surface area (Å²) >= 11 is 0. The van der Waals surface area contributed by atoms with Gasteiger partial charge in [-0.15, -0.1) is 0 Å². The first kappa shape index (κ1) is 15.3. The minimum Gasteiger partial charge on any atom is -0.497 e. The van der Waals surface area contributed by atoms with E-state index < -0.39 is 11.6 Å². The number of hydrogen-bond acceptors (Lipinski definition) is 4. The zero-order chi connectivity index (χ0) is 15.6. The van der Waals surface area contributed by atoms with Gasteiger partial charge in [-0.2, -0.15) is 0 Å². The molecule has 4 nitrogen and oxygen atoms in total. The Balaban J connectivity index is 2.40. The third kappa shape index (κ3) is 3.16. The van der Waals surface area contributed by atoms with Crippen molar-refractivity contribution in [1.82, 2.24) is 0 Å². The Bertz CT molecular complexity index is 659. The molecule has 21 heavy (non-hydrogen) atoms. The summed E-state index contributed by atoms with van der Waals surface area (Å²) in [6.45, 7) is 4.95. The molecule has 0 aliphatic heterocycles. The molecule has 0 radical (unpaired) electrons. The SMILES string of the molecule is COc1ccc2cc([C@@](C)(O)C(=O)OC(C)C)ccc2c1. The van der Waals surface area contributed by atoms with E-state index in [1.54, 1.807) is 33.1 Å². The molecule has 0 fully saturated rings. The zero-order valence-electron chi connectivity index (χ0n) is 12.7. The van der Waals surface area contributed by atoms with Gasteiger partial charge in [-0.1, -0.05) is 18.2 Å². The van der Waals surface area contributed by atoms with Crippen molar-refractivity contribution in [3.05, 3.63) is 42.0 Å². The van der Waals surface area contributed by atoms with E-state index in [9.17, 15) is 9.90 Å². The number of hydrogen-bond donors (Lipinski definition) is 1. The highest BCUT2D eigenvalue weighted by Gasteiger charge is 2.34. The fourth-order valence-corrected chi connectivity index (χ4v) is 2.10. The van der Waals surface area contributed by atoms with Crippen LogP contribution in [0.15, 0.2) is 36.4 Å². The zero-order valence-corrected chi connectivity index (χ0v) is 12.7. The van der Waals surface area contributed by atoms with Crippen LogP contribution in [0.3, 0.4) is 0 Å². The Morgan fingerprint density at radius 3 is 2.38 bits per heavy atom. The van der Waals surface area contributed by atoms with E-state index in [1.807, 2.05) is 24.3 Å². The number of rotatable bonds is 4. The van der Waals surface area contributed by atoms with Crippen molar-refractivity contribution in [2.45, 2.75) is 32.5 Å². The quantitative estimate of drug-likeness (QED) is 0.879. The Morgan fingerprint density at radius 2 is 1.76 bits per heavy atom. The molecule has 0 bridgehead atoms. The van der Waals surface area contributed by atoms with Crippen molar-refractivity contribution in [2.24, 2.45) is 0 Å². The van der Waals surface area contributed by atoms with Gasteiger partial charge in [-0.05, 0) is 55.3 Å². The lowest BCUT2D eigenvalue weighted by molar-refractivity contribution is -0.168. The Labute approximate surface area is 124 Å². The highest BCUT2D eigenvalue weighted by Crippen LogP contribution is 2.28. The molecule has 0 amide bonds. The summed E-state index contributed by atoms with van der Waals surface area (Å²) in [6, 6.07) is 11.0. The molecule has 112 valence electrons. The van der Waals surface area contributed by atoms with E-state index in [1.165, 1.54) is 6.92 Å². The summed E-state index contributed by atoms with van der Waals surface area (Å²) in [4.78, 5) is 12.0. The molecule has 0 heterocycles. The molecule has 0 aliphatic carbocycles. The molecule has 0 spiro atoms. The molecule has 2 rings (SSSR count). The van der Waals surface area contributed by atoms with Crippen LogP contribution in [0.5, 0.6) is 5.75 Å². The predicted octanol–water partition coefficient (Wildman–Crippen LogP) is 3.01. The van der Waals surface area contributed by atoms with E-state index in [2.05, 4.69) is 0 Å². The molecule has 4 heteroatoms. The van der Waals surface area contributed by atoms with Crippen molar-refractivity contribution in [3.8, 4) is 5.75 Å². The van der Waals surface area contributed by atoms with Gasteiger partial charge in [0.15, 0.2) is 5.60 Å². The number of carbonyl (C=O) groups is 1. The van der Waals surface area contributed by atoms with Gasteiger partial charge in [0.2, 0.25) is 0 Å². The van der Waals surface area contributed by atoms with E-state index in [0.29, 0.717) is 5.56 Å². The average molecular weight is 288 g/mol. The lowest BCUT2D eigenvalue weighted by Crippen LogP contribution is -2.35. The highest BCUT2D eigenvalue weighted by atomic mass is 16.6. The van der Waals surface area contributed by atoms with E-state index in [4.69, 9.17) is 9.47 Å². The maximum absolute atomic E-state index is 12.0. The van der Waals surface area contributed by atoms with Gasteiger partial charge in [0, 0.05) is 0 Å². The number of methoxy groups -OCH3 is 1. The molecule has 0 aromatic heterocycles. The normalized spacial score (nSPS) is 14.0. The molecule has 0 aliphatic rings. The molecule has 2 aromatic carbocycles. The maximum atomic E-state index is 12.0. The number of aliphatic hydroxyl groups is 1. The van der Waals surface area contributed by atoms with Gasteiger partial charge < -0.3 is 14.6 Å². The molecular weight excluding hydrogens is 268 g/mol. The fraction of sp³-hybridized carbons (Fsp3) is 0.353. The standard InChI is InChI=1S/C17H20O4/c1-11(2)21-16(18)17(3,19)14-7-5-13-10-15(20-4)8-6-12(13)9-14/h5-11,19H,1-4H3/t17-/m1/s1. The van der Waals surface area contributed by atoms with E-state index in [-0.39, 0.29) is 6.10 Å². The average Bonchev–Trinajstić information content (AvgIpc) is 2.45. The smallest absolute Gasteiger partial charge is 0.342 e. The number of carbonyl (C=O) groups excluding carboxylic acids is 1. The van der Waals surface area contributed by atoms with Crippen LogP contribution in [0, 0.1) is 0 Å². The molecule has 1 atom stereocenters. The highest BCUT2D eigenvalue weighted by molar-refractivity contribution is 5.87. The summed E-state index contributed by atoms with van der Waals surface area (Å²) in [6.07, 6.45) is -0.270. The first-order valence-corrected chi connectivity index (χ1v) is 6.86. The first-order valence-electron chi connectivity index (χ1n) is 6.86. The third-order valence-corrected chi connectivity index (χ3v) is 3.35. The van der Waals surface area contributed by atoms with Crippen LogP contribution in [0.2, 0.25) is 0 Å². The van der Waals surface area contributed by atoms with E-state index >= 15 is 0 Å². The van der Waals surface area contributed by atoms with Crippen LogP contribution in [-0.4, -0.2) is 24.3 Å². The Morgan fingerprint density at radius 1 is 1.14 bits per heavy atom. The van der Waals surface area contributed by atoms with Gasteiger partial charge in [0.25, 0.3) is 0 Å². The lowest BCUT2D eigenvalue weighted by Gasteiger charge is -2.23. The minimum absolute atomic E-state index is 0.270. The molecule has 1 N–H and O–H groups in total. The molecule has 0 saturated carbocycles. The summed E-state index contributed by atoms with van der Waals surface area (Å²) in [5.41, 5.74) is -1.16. The number of ether oxygens (including phenoxy) is 2. The van der Waals surface area contributed by atoms with Crippen LogP contribution in [0.4, 0.5) is 0 Å². The summed E-state index contributed by atoms with van der Waals surface area (Å²) < 4.78 is 10.3. The second kappa shape index (κ2) is 5.74. The van der Waals surface area contributed by atoms with Crippen LogP contribution >= 0.6 is 0 Å². The Hall–Kier alpha value is -2.07. The third-order valence-electron chi connectivity index (χ3n) is 3.35. The van der Waals surface area contributed by atoms with Crippen molar-refractivity contribution in [3.63, 3.8) is 0 Å².